The number of benzene rings is 3. The predicted octanol–water partition coefficient (Wildman–Crippen LogP) is 5.56. The summed E-state index contributed by atoms with van der Waals surface area (Å²) in [7, 11) is 0. The van der Waals surface area contributed by atoms with Crippen molar-refractivity contribution < 1.29 is 4.42 Å². The molecule has 20 heavy (non-hydrogen) atoms. The van der Waals surface area contributed by atoms with Gasteiger partial charge in [0.25, 0.3) is 0 Å². The quantitative estimate of drug-likeness (QED) is 0.407. The standard InChI is InChI=1S/C19H14O/c1-13-10-11-18(20-13)19-16-8-4-2-6-14(16)12-15-7-3-5-9-17(15)19/h2-12H,1H3. The lowest BCUT2D eigenvalue weighted by atomic mass is 9.95. The minimum Gasteiger partial charge on any atom is -0.461 e. The van der Waals surface area contributed by atoms with Gasteiger partial charge >= 0.3 is 0 Å². The van der Waals surface area contributed by atoms with E-state index in [0.717, 1.165) is 11.5 Å². The second kappa shape index (κ2) is 4.24. The molecule has 0 atom stereocenters. The molecule has 1 heteroatoms. The van der Waals surface area contributed by atoms with Crippen molar-refractivity contribution in [3.63, 3.8) is 0 Å². The van der Waals surface area contributed by atoms with Gasteiger partial charge in [0.05, 0.1) is 0 Å². The normalized spacial score (nSPS) is 11.2. The van der Waals surface area contributed by atoms with Gasteiger partial charge in [0, 0.05) is 5.56 Å². The Balaban J connectivity index is 2.23. The minimum absolute atomic E-state index is 0.940. The Bertz CT molecular complexity index is 861. The summed E-state index contributed by atoms with van der Waals surface area (Å²) in [5, 5.41) is 4.96. The fourth-order valence-electron chi connectivity index (χ4n) is 2.85. The van der Waals surface area contributed by atoms with Gasteiger partial charge in [-0.25, -0.2) is 0 Å². The summed E-state index contributed by atoms with van der Waals surface area (Å²) in [6.45, 7) is 1.98. The first-order chi connectivity index (χ1) is 9.83. The SMILES string of the molecule is Cc1ccc(-c2c3ccccc3cc3ccccc23)o1. The molecule has 0 N–H and O–H groups in total. The van der Waals surface area contributed by atoms with E-state index in [9.17, 15) is 0 Å². The van der Waals surface area contributed by atoms with Crippen LogP contribution in [0.4, 0.5) is 0 Å². The number of aryl methyl sites for hydroxylation is 1. The fourth-order valence-corrected chi connectivity index (χ4v) is 2.85. The van der Waals surface area contributed by atoms with Gasteiger partial charge in [-0.1, -0.05) is 48.5 Å². The zero-order valence-electron chi connectivity index (χ0n) is 11.3. The van der Waals surface area contributed by atoms with Crippen molar-refractivity contribution in [3.05, 3.63) is 72.5 Å². The van der Waals surface area contributed by atoms with Gasteiger partial charge in [0.2, 0.25) is 0 Å². The number of rotatable bonds is 1. The summed E-state index contributed by atoms with van der Waals surface area (Å²) >= 11 is 0. The van der Waals surface area contributed by atoms with Gasteiger partial charge in [-0.05, 0) is 46.7 Å². The van der Waals surface area contributed by atoms with E-state index >= 15 is 0 Å². The molecule has 4 aromatic rings. The van der Waals surface area contributed by atoms with Gasteiger partial charge in [0.15, 0.2) is 0 Å². The maximum absolute atomic E-state index is 5.89. The predicted molar refractivity (Wildman–Crippen MR) is 83.9 cm³/mol. The highest BCUT2D eigenvalue weighted by Gasteiger charge is 2.12. The largest absolute Gasteiger partial charge is 0.461 e. The van der Waals surface area contributed by atoms with Crippen LogP contribution < -0.4 is 0 Å². The Kier molecular flexibility index (Phi) is 2.40. The highest BCUT2D eigenvalue weighted by Crippen LogP contribution is 2.36. The molecular weight excluding hydrogens is 244 g/mol. The molecule has 0 aliphatic carbocycles. The van der Waals surface area contributed by atoms with E-state index < -0.39 is 0 Å². The second-order valence-corrected chi connectivity index (χ2v) is 5.10. The van der Waals surface area contributed by atoms with Crippen LogP contribution in [0.2, 0.25) is 0 Å². The van der Waals surface area contributed by atoms with Crippen molar-refractivity contribution >= 4 is 21.5 Å². The van der Waals surface area contributed by atoms with Gasteiger partial charge in [-0.2, -0.15) is 0 Å². The zero-order valence-corrected chi connectivity index (χ0v) is 11.3. The number of fused-ring (bicyclic) bond motifs is 2. The fraction of sp³-hybridized carbons (Fsp3) is 0.0526. The van der Waals surface area contributed by atoms with Crippen molar-refractivity contribution in [3.8, 4) is 11.3 Å². The molecule has 0 aliphatic heterocycles. The van der Waals surface area contributed by atoms with Crippen molar-refractivity contribution in [1.82, 2.24) is 0 Å². The first-order valence-electron chi connectivity index (χ1n) is 6.80. The molecule has 0 amide bonds. The van der Waals surface area contributed by atoms with Crippen molar-refractivity contribution in [1.29, 1.82) is 0 Å². The van der Waals surface area contributed by atoms with Gasteiger partial charge < -0.3 is 4.42 Å². The third-order valence-corrected chi connectivity index (χ3v) is 3.76. The monoisotopic (exact) mass is 258 g/mol. The van der Waals surface area contributed by atoms with Crippen molar-refractivity contribution in [2.24, 2.45) is 0 Å². The van der Waals surface area contributed by atoms with Gasteiger partial charge in [-0.15, -0.1) is 0 Å². The van der Waals surface area contributed by atoms with E-state index in [4.69, 9.17) is 4.42 Å². The summed E-state index contributed by atoms with van der Waals surface area (Å²) in [5.41, 5.74) is 1.19. The van der Waals surface area contributed by atoms with Crippen LogP contribution in [0.3, 0.4) is 0 Å². The molecule has 0 fully saturated rings. The van der Waals surface area contributed by atoms with E-state index in [0.29, 0.717) is 0 Å². The van der Waals surface area contributed by atoms with Crippen LogP contribution >= 0.6 is 0 Å². The molecule has 3 aromatic carbocycles. The topological polar surface area (TPSA) is 13.1 Å². The van der Waals surface area contributed by atoms with Crippen LogP contribution in [0.25, 0.3) is 32.9 Å². The molecule has 96 valence electrons. The summed E-state index contributed by atoms with van der Waals surface area (Å²) in [5.74, 6) is 1.88. The third-order valence-electron chi connectivity index (χ3n) is 3.76. The molecule has 0 aliphatic rings. The summed E-state index contributed by atoms with van der Waals surface area (Å²) in [6.07, 6.45) is 0. The number of hydrogen-bond acceptors (Lipinski definition) is 1. The molecule has 1 nitrogen and oxygen atoms in total. The van der Waals surface area contributed by atoms with E-state index in [1.165, 1.54) is 27.1 Å². The molecular formula is C19H14O. The van der Waals surface area contributed by atoms with Gasteiger partial charge in [-0.3, -0.25) is 0 Å². The van der Waals surface area contributed by atoms with Crippen molar-refractivity contribution in [2.75, 3.05) is 0 Å². The molecule has 1 aromatic heterocycles. The zero-order chi connectivity index (χ0) is 13.5. The summed E-state index contributed by atoms with van der Waals surface area (Å²) in [6, 6.07) is 23.3. The highest BCUT2D eigenvalue weighted by atomic mass is 16.3. The third kappa shape index (κ3) is 1.64. The Morgan fingerprint density at radius 1 is 0.700 bits per heavy atom. The van der Waals surface area contributed by atoms with Crippen LogP contribution in [0, 0.1) is 6.92 Å². The van der Waals surface area contributed by atoms with E-state index in [-0.39, 0.29) is 0 Å². The lowest BCUT2D eigenvalue weighted by molar-refractivity contribution is 0.549. The molecule has 0 saturated heterocycles. The first-order valence-corrected chi connectivity index (χ1v) is 6.80. The van der Waals surface area contributed by atoms with Crippen LogP contribution in [-0.2, 0) is 0 Å². The molecule has 0 spiro atoms. The average molecular weight is 258 g/mol. The number of furan rings is 1. The summed E-state index contributed by atoms with van der Waals surface area (Å²) in [4.78, 5) is 0. The van der Waals surface area contributed by atoms with Gasteiger partial charge in [0.1, 0.15) is 11.5 Å². The Morgan fingerprint density at radius 2 is 1.30 bits per heavy atom. The van der Waals surface area contributed by atoms with Crippen LogP contribution in [0.1, 0.15) is 5.76 Å². The molecule has 0 radical (unpaired) electrons. The smallest absolute Gasteiger partial charge is 0.135 e. The van der Waals surface area contributed by atoms with Crippen molar-refractivity contribution in [2.45, 2.75) is 6.92 Å². The average Bonchev–Trinajstić information content (AvgIpc) is 2.91. The Hall–Kier alpha value is -2.54. The maximum atomic E-state index is 5.89. The molecule has 0 unspecified atom stereocenters. The summed E-state index contributed by atoms with van der Waals surface area (Å²) < 4.78 is 5.89. The van der Waals surface area contributed by atoms with Crippen LogP contribution in [0.15, 0.2) is 71.1 Å². The lowest BCUT2D eigenvalue weighted by Gasteiger charge is -2.09. The van der Waals surface area contributed by atoms with Crippen LogP contribution in [-0.4, -0.2) is 0 Å². The molecule has 4 rings (SSSR count). The van der Waals surface area contributed by atoms with E-state index in [1.54, 1.807) is 0 Å². The Morgan fingerprint density at radius 3 is 1.85 bits per heavy atom. The number of hydrogen-bond donors (Lipinski definition) is 0. The van der Waals surface area contributed by atoms with E-state index in [1.807, 2.05) is 13.0 Å². The molecule has 1 heterocycles. The first kappa shape index (κ1) is 11.3. The second-order valence-electron chi connectivity index (χ2n) is 5.10. The lowest BCUT2D eigenvalue weighted by Crippen LogP contribution is -1.83. The minimum atomic E-state index is 0.940. The van der Waals surface area contributed by atoms with E-state index in [2.05, 4.69) is 60.7 Å². The molecule has 0 saturated carbocycles. The highest BCUT2D eigenvalue weighted by molar-refractivity contribution is 6.11. The Labute approximate surface area is 117 Å². The molecule has 0 bridgehead atoms. The maximum Gasteiger partial charge on any atom is 0.135 e. The van der Waals surface area contributed by atoms with Crippen LogP contribution in [0.5, 0.6) is 0 Å².